The molecule has 1 fully saturated rings. The van der Waals surface area contributed by atoms with Crippen molar-refractivity contribution in [3.63, 3.8) is 0 Å². The molecule has 0 aromatic heterocycles. The lowest BCUT2D eigenvalue weighted by Crippen LogP contribution is -2.29. The number of carbonyl (C=O) groups is 3. The highest BCUT2D eigenvalue weighted by atomic mass is 32.2. The molecule has 0 bridgehead atoms. The van der Waals surface area contributed by atoms with Crippen LogP contribution in [-0.4, -0.2) is 52.6 Å². The molecule has 152 valence electrons. The van der Waals surface area contributed by atoms with Crippen molar-refractivity contribution >= 4 is 28.9 Å². The Morgan fingerprint density at radius 3 is 2.79 bits per heavy atom. The van der Waals surface area contributed by atoms with Crippen LogP contribution in [0.15, 0.2) is 42.5 Å². The largest absolute Gasteiger partial charge is 0.481 e. The number of allylic oxidation sites excluding steroid dienone is 1. The van der Waals surface area contributed by atoms with Gasteiger partial charge in [-0.05, 0) is 43.0 Å². The maximum absolute atomic E-state index is 12.3. The van der Waals surface area contributed by atoms with E-state index in [2.05, 4.69) is 0 Å². The summed E-state index contributed by atoms with van der Waals surface area (Å²) in [7, 11) is 0. The molecule has 0 saturated carbocycles. The summed E-state index contributed by atoms with van der Waals surface area (Å²) < 4.78 is 5.27. The third-order valence-corrected chi connectivity index (χ3v) is 5.28. The Hall–Kier alpha value is -2.28. The number of nitrogens with zero attached hydrogens (tertiary/aromatic N) is 1. The first-order valence-electron chi connectivity index (χ1n) is 9.55. The second-order valence-corrected chi connectivity index (χ2v) is 7.70. The summed E-state index contributed by atoms with van der Waals surface area (Å²) in [5, 5.41) is 8.25. The molecule has 0 unspecified atom stereocenters. The number of carboxylic acid groups (broad SMARTS) is 1. The molecule has 2 rings (SSSR count). The zero-order valence-electron chi connectivity index (χ0n) is 15.9. The van der Waals surface area contributed by atoms with Gasteiger partial charge in [-0.3, -0.25) is 9.59 Å². The molecule has 0 aliphatic carbocycles. The average molecular weight is 406 g/mol. The summed E-state index contributed by atoms with van der Waals surface area (Å²) in [5.41, 5.74) is 1.18. The van der Waals surface area contributed by atoms with Crippen molar-refractivity contribution in [3.8, 4) is 0 Å². The lowest BCUT2D eigenvalue weighted by Gasteiger charge is -2.14. The van der Waals surface area contributed by atoms with E-state index in [1.807, 2.05) is 42.5 Å². The van der Waals surface area contributed by atoms with E-state index in [-0.39, 0.29) is 30.2 Å². The summed E-state index contributed by atoms with van der Waals surface area (Å²) >= 11 is 1.14. The van der Waals surface area contributed by atoms with Crippen LogP contribution in [0.1, 0.15) is 31.2 Å². The van der Waals surface area contributed by atoms with Crippen molar-refractivity contribution < 1.29 is 24.2 Å². The molecule has 1 aromatic carbocycles. The SMILES string of the molecule is O=C(O)CCC/C=C\CN1CC[C@H](COC(=O)SCCc2ccccc2)C1=O. The Morgan fingerprint density at radius 1 is 1.25 bits per heavy atom. The van der Waals surface area contributed by atoms with Gasteiger partial charge >= 0.3 is 11.3 Å². The number of thioether (sulfide) groups is 1. The number of unbranched alkanes of at least 4 members (excludes halogenated alkanes) is 1. The van der Waals surface area contributed by atoms with Crippen LogP contribution in [0.5, 0.6) is 0 Å². The van der Waals surface area contributed by atoms with Crippen molar-refractivity contribution in [3.05, 3.63) is 48.0 Å². The van der Waals surface area contributed by atoms with Gasteiger partial charge in [0, 0.05) is 25.3 Å². The van der Waals surface area contributed by atoms with Gasteiger partial charge in [0.25, 0.3) is 0 Å². The molecular weight excluding hydrogens is 378 g/mol. The van der Waals surface area contributed by atoms with Crippen LogP contribution < -0.4 is 0 Å². The monoisotopic (exact) mass is 405 g/mol. The van der Waals surface area contributed by atoms with Gasteiger partial charge in [0.1, 0.15) is 6.61 Å². The van der Waals surface area contributed by atoms with Gasteiger partial charge in [-0.2, -0.15) is 0 Å². The maximum atomic E-state index is 12.3. The van der Waals surface area contributed by atoms with E-state index < -0.39 is 5.97 Å². The van der Waals surface area contributed by atoms with Crippen molar-refractivity contribution in [2.75, 3.05) is 25.4 Å². The number of hydrogen-bond donors (Lipinski definition) is 1. The number of aryl methyl sites for hydroxylation is 1. The molecule has 1 atom stereocenters. The van der Waals surface area contributed by atoms with Crippen LogP contribution >= 0.6 is 11.8 Å². The summed E-state index contributed by atoms with van der Waals surface area (Å²) in [6.07, 6.45) is 6.74. The fraction of sp³-hybridized carbons (Fsp3) is 0.476. The standard InChI is InChI=1S/C21H27NO5S/c23-19(24)10-6-1-2-7-13-22-14-11-18(20(22)25)16-27-21(26)28-15-12-17-8-4-3-5-9-17/h2-5,7-9,18H,1,6,10-16H2,(H,23,24)/b7-2-/t18-/m1/s1. The Bertz CT molecular complexity index is 677. The van der Waals surface area contributed by atoms with Gasteiger partial charge in [0.15, 0.2) is 0 Å². The number of amides is 1. The molecule has 28 heavy (non-hydrogen) atoms. The summed E-state index contributed by atoms with van der Waals surface area (Å²) in [6.45, 7) is 1.30. The third kappa shape index (κ3) is 8.17. The molecule has 1 N–H and O–H groups in total. The van der Waals surface area contributed by atoms with Crippen molar-refractivity contribution in [2.24, 2.45) is 5.92 Å². The first kappa shape index (κ1) is 22.0. The smallest absolute Gasteiger partial charge is 0.367 e. The Morgan fingerprint density at radius 2 is 2.04 bits per heavy atom. The number of carbonyl (C=O) groups excluding carboxylic acids is 2. The highest BCUT2D eigenvalue weighted by Crippen LogP contribution is 2.20. The minimum absolute atomic E-state index is 0.0114. The molecular formula is C21H27NO5S. The summed E-state index contributed by atoms with van der Waals surface area (Å²) in [5.74, 6) is -0.393. The molecule has 7 heteroatoms. The Balaban J connectivity index is 1.59. The predicted octanol–water partition coefficient (Wildman–Crippen LogP) is 3.76. The molecule has 1 amide bonds. The quantitative estimate of drug-likeness (QED) is 0.343. The fourth-order valence-corrected chi connectivity index (χ4v) is 3.59. The van der Waals surface area contributed by atoms with Crippen LogP contribution in [0, 0.1) is 5.92 Å². The number of likely N-dealkylation sites (tertiary alicyclic amines) is 1. The van der Waals surface area contributed by atoms with Gasteiger partial charge in [0.05, 0.1) is 5.92 Å². The first-order valence-corrected chi connectivity index (χ1v) is 10.5. The van der Waals surface area contributed by atoms with E-state index in [0.717, 1.165) is 18.2 Å². The molecule has 1 saturated heterocycles. The zero-order valence-corrected chi connectivity index (χ0v) is 16.7. The van der Waals surface area contributed by atoms with E-state index in [1.54, 1.807) is 4.90 Å². The van der Waals surface area contributed by atoms with Gasteiger partial charge in [-0.15, -0.1) is 0 Å². The maximum Gasteiger partial charge on any atom is 0.367 e. The van der Waals surface area contributed by atoms with Gasteiger partial charge in [0.2, 0.25) is 5.91 Å². The van der Waals surface area contributed by atoms with E-state index in [1.165, 1.54) is 5.56 Å². The van der Waals surface area contributed by atoms with Crippen molar-refractivity contribution in [1.82, 2.24) is 4.90 Å². The van der Waals surface area contributed by atoms with Gasteiger partial charge in [-0.25, -0.2) is 4.79 Å². The number of ether oxygens (including phenoxy) is 1. The number of carboxylic acids is 1. The van der Waals surface area contributed by atoms with Crippen LogP contribution in [0.25, 0.3) is 0 Å². The summed E-state index contributed by atoms with van der Waals surface area (Å²) in [4.78, 5) is 36.4. The molecule has 0 spiro atoms. The lowest BCUT2D eigenvalue weighted by atomic mass is 10.1. The van der Waals surface area contributed by atoms with Crippen LogP contribution in [0.2, 0.25) is 0 Å². The van der Waals surface area contributed by atoms with Crippen molar-refractivity contribution in [2.45, 2.75) is 32.1 Å². The average Bonchev–Trinajstić information content (AvgIpc) is 3.03. The topological polar surface area (TPSA) is 83.9 Å². The van der Waals surface area contributed by atoms with Crippen LogP contribution in [0.4, 0.5) is 4.79 Å². The number of hydrogen-bond acceptors (Lipinski definition) is 5. The second-order valence-electron chi connectivity index (χ2n) is 6.67. The van der Waals surface area contributed by atoms with Crippen LogP contribution in [-0.2, 0) is 20.7 Å². The Labute approximate surface area is 169 Å². The molecule has 1 aliphatic heterocycles. The highest BCUT2D eigenvalue weighted by molar-refractivity contribution is 8.13. The first-order chi connectivity index (χ1) is 13.6. The van der Waals surface area contributed by atoms with Gasteiger partial charge < -0.3 is 14.7 Å². The van der Waals surface area contributed by atoms with Crippen LogP contribution in [0.3, 0.4) is 0 Å². The minimum atomic E-state index is -0.793. The fourth-order valence-electron chi connectivity index (χ4n) is 2.94. The Kier molecular flexibility index (Phi) is 9.62. The molecule has 0 radical (unpaired) electrons. The summed E-state index contributed by atoms with van der Waals surface area (Å²) in [6, 6.07) is 9.96. The predicted molar refractivity (Wildman–Crippen MR) is 109 cm³/mol. The zero-order chi connectivity index (χ0) is 20.2. The molecule has 1 aliphatic rings. The number of benzene rings is 1. The van der Waals surface area contributed by atoms with E-state index in [9.17, 15) is 14.4 Å². The number of aliphatic carboxylic acids is 1. The second kappa shape index (κ2) is 12.2. The lowest BCUT2D eigenvalue weighted by molar-refractivity contribution is -0.137. The normalized spacial score (nSPS) is 16.6. The van der Waals surface area contributed by atoms with Gasteiger partial charge in [-0.1, -0.05) is 42.5 Å². The molecule has 6 nitrogen and oxygen atoms in total. The van der Waals surface area contributed by atoms with E-state index >= 15 is 0 Å². The minimum Gasteiger partial charge on any atom is -0.481 e. The van der Waals surface area contributed by atoms with E-state index in [0.29, 0.717) is 38.1 Å². The highest BCUT2D eigenvalue weighted by Gasteiger charge is 2.31. The van der Waals surface area contributed by atoms with Crippen molar-refractivity contribution in [1.29, 1.82) is 0 Å². The molecule has 1 aromatic rings. The number of rotatable bonds is 11. The third-order valence-electron chi connectivity index (χ3n) is 4.52. The molecule has 1 heterocycles. The van der Waals surface area contributed by atoms with E-state index in [4.69, 9.17) is 9.84 Å².